The molecule has 0 radical (unpaired) electrons. The average Bonchev–Trinajstić information content (AvgIpc) is 3.29. The van der Waals surface area contributed by atoms with Crippen LogP contribution in [0.5, 0.6) is 11.5 Å². The zero-order valence-electron chi connectivity index (χ0n) is 20.0. The van der Waals surface area contributed by atoms with E-state index in [0.717, 1.165) is 11.1 Å². The topological polar surface area (TPSA) is 124 Å². The molecule has 37 heavy (non-hydrogen) atoms. The number of amides is 1. The van der Waals surface area contributed by atoms with Gasteiger partial charge in [-0.1, -0.05) is 42.5 Å². The summed E-state index contributed by atoms with van der Waals surface area (Å²) in [5, 5.41) is 18.6. The number of hydrogen-bond donors (Lipinski definition) is 3. The first-order valence-corrected chi connectivity index (χ1v) is 11.4. The fourth-order valence-electron chi connectivity index (χ4n) is 3.48. The molecule has 1 amide bonds. The smallest absolute Gasteiger partial charge is 0.291 e. The summed E-state index contributed by atoms with van der Waals surface area (Å²) < 4.78 is 25.6. The lowest BCUT2D eigenvalue weighted by molar-refractivity contribution is 0.0947. The molecule has 0 aliphatic carbocycles. The number of nitrogens with zero attached hydrogens (tertiary/aromatic N) is 3. The second-order valence-corrected chi connectivity index (χ2v) is 8.09. The highest BCUT2D eigenvalue weighted by atomic mass is 19.1. The third-order valence-corrected chi connectivity index (χ3v) is 5.45. The standard InChI is InChI=1S/C27H26FN5O4/c1-36-25-13-19(9-12-24(25)37-17-18-7-10-21(28)11-8-18)15-30-31-27(35)22-14-26(29)33(32-22)16-23(34)20-5-3-2-4-6-20/h2-15,23,34H,16-17,29H2,1H3,(H,31,35)/b30-15+. The maximum atomic E-state index is 13.1. The van der Waals surface area contributed by atoms with Crippen LogP contribution < -0.4 is 20.6 Å². The molecule has 1 unspecified atom stereocenters. The third-order valence-electron chi connectivity index (χ3n) is 5.45. The molecule has 0 aliphatic heterocycles. The van der Waals surface area contributed by atoms with Crippen molar-refractivity contribution in [3.63, 3.8) is 0 Å². The molecule has 0 saturated heterocycles. The number of halogens is 1. The number of ether oxygens (including phenoxy) is 2. The van der Waals surface area contributed by atoms with Crippen molar-refractivity contribution < 1.29 is 23.8 Å². The van der Waals surface area contributed by atoms with Crippen molar-refractivity contribution in [2.75, 3.05) is 12.8 Å². The predicted molar refractivity (Wildman–Crippen MR) is 137 cm³/mol. The zero-order chi connectivity index (χ0) is 26.2. The Hall–Kier alpha value is -4.70. The molecule has 0 aliphatic rings. The van der Waals surface area contributed by atoms with Gasteiger partial charge in [0.15, 0.2) is 17.2 Å². The van der Waals surface area contributed by atoms with Gasteiger partial charge in [0, 0.05) is 6.07 Å². The van der Waals surface area contributed by atoms with Gasteiger partial charge in [-0.2, -0.15) is 10.2 Å². The first-order valence-electron chi connectivity index (χ1n) is 11.4. The van der Waals surface area contributed by atoms with Crippen molar-refractivity contribution in [1.82, 2.24) is 15.2 Å². The summed E-state index contributed by atoms with van der Waals surface area (Å²) in [4.78, 5) is 12.5. The van der Waals surface area contributed by atoms with Gasteiger partial charge in [0.05, 0.1) is 26.0 Å². The van der Waals surface area contributed by atoms with E-state index in [9.17, 15) is 14.3 Å². The van der Waals surface area contributed by atoms with Crippen LogP contribution in [0.1, 0.15) is 33.3 Å². The molecule has 0 saturated carbocycles. The van der Waals surface area contributed by atoms with Crippen molar-refractivity contribution in [3.05, 3.63) is 107 Å². The number of nitrogen functional groups attached to an aromatic ring is 1. The van der Waals surface area contributed by atoms with Gasteiger partial charge < -0.3 is 20.3 Å². The van der Waals surface area contributed by atoms with Crippen LogP contribution in [0.4, 0.5) is 10.2 Å². The largest absolute Gasteiger partial charge is 0.493 e. The van der Waals surface area contributed by atoms with E-state index in [0.29, 0.717) is 17.1 Å². The number of rotatable bonds is 10. The van der Waals surface area contributed by atoms with Crippen LogP contribution >= 0.6 is 0 Å². The Morgan fingerprint density at radius 1 is 1.14 bits per heavy atom. The number of hydrazone groups is 1. The molecule has 0 spiro atoms. The van der Waals surface area contributed by atoms with Crippen LogP contribution in [-0.4, -0.2) is 34.1 Å². The molecule has 1 aromatic heterocycles. The lowest BCUT2D eigenvalue weighted by Crippen LogP contribution is -2.19. The normalized spacial score (nSPS) is 11.9. The van der Waals surface area contributed by atoms with E-state index in [1.807, 2.05) is 18.2 Å². The van der Waals surface area contributed by atoms with E-state index in [1.54, 1.807) is 42.5 Å². The first-order chi connectivity index (χ1) is 17.9. The van der Waals surface area contributed by atoms with Gasteiger partial charge in [0.2, 0.25) is 0 Å². The summed E-state index contributed by atoms with van der Waals surface area (Å²) in [6.07, 6.45) is 0.624. The van der Waals surface area contributed by atoms with Crippen LogP contribution in [0, 0.1) is 5.82 Å². The second kappa shape index (κ2) is 11.8. The monoisotopic (exact) mass is 503 g/mol. The molecule has 0 bridgehead atoms. The fourth-order valence-corrected chi connectivity index (χ4v) is 3.48. The molecule has 9 nitrogen and oxygen atoms in total. The lowest BCUT2D eigenvalue weighted by Gasteiger charge is -2.11. The minimum Gasteiger partial charge on any atom is -0.493 e. The number of aliphatic hydroxyl groups is 1. The molecule has 4 aromatic rings. The lowest BCUT2D eigenvalue weighted by atomic mass is 10.1. The molecule has 0 fully saturated rings. The second-order valence-electron chi connectivity index (χ2n) is 8.09. The minimum absolute atomic E-state index is 0.0667. The number of nitrogens with two attached hydrogens (primary N) is 1. The van der Waals surface area contributed by atoms with Gasteiger partial charge in [0.25, 0.3) is 5.91 Å². The Morgan fingerprint density at radius 3 is 2.62 bits per heavy atom. The minimum atomic E-state index is -0.824. The molecule has 4 rings (SSSR count). The number of hydrogen-bond acceptors (Lipinski definition) is 7. The van der Waals surface area contributed by atoms with Crippen molar-refractivity contribution >= 4 is 17.9 Å². The Kier molecular flexibility index (Phi) is 8.11. The number of nitrogens with one attached hydrogen (secondary N) is 1. The molecular weight excluding hydrogens is 477 g/mol. The van der Waals surface area contributed by atoms with E-state index in [4.69, 9.17) is 15.2 Å². The highest BCUT2D eigenvalue weighted by molar-refractivity contribution is 5.93. The van der Waals surface area contributed by atoms with Crippen LogP contribution in [0.2, 0.25) is 0 Å². The van der Waals surface area contributed by atoms with Crippen LogP contribution in [0.15, 0.2) is 84.0 Å². The van der Waals surface area contributed by atoms with Gasteiger partial charge in [-0.25, -0.2) is 14.5 Å². The van der Waals surface area contributed by atoms with Crippen LogP contribution in [0.3, 0.4) is 0 Å². The number of carbonyl (C=O) groups excluding carboxylic acids is 1. The van der Waals surface area contributed by atoms with Crippen molar-refractivity contribution in [3.8, 4) is 11.5 Å². The van der Waals surface area contributed by atoms with Crippen molar-refractivity contribution in [2.45, 2.75) is 19.3 Å². The van der Waals surface area contributed by atoms with Gasteiger partial charge in [-0.15, -0.1) is 0 Å². The maximum absolute atomic E-state index is 13.1. The summed E-state index contributed by atoms with van der Waals surface area (Å²) in [5.74, 6) is 0.357. The Labute approximate surface area is 213 Å². The number of methoxy groups -OCH3 is 1. The quantitative estimate of drug-likeness (QED) is 0.224. The van der Waals surface area contributed by atoms with E-state index in [-0.39, 0.29) is 30.5 Å². The van der Waals surface area contributed by atoms with Crippen molar-refractivity contribution in [2.24, 2.45) is 5.10 Å². The third kappa shape index (κ3) is 6.71. The Morgan fingerprint density at radius 2 is 1.89 bits per heavy atom. The molecule has 4 N–H and O–H groups in total. The SMILES string of the molecule is COc1cc(/C=N/NC(=O)c2cc(N)n(CC(O)c3ccccc3)n2)ccc1OCc1ccc(F)cc1. The number of anilines is 1. The van der Waals surface area contributed by atoms with E-state index in [1.165, 1.54) is 36.2 Å². The van der Waals surface area contributed by atoms with Crippen LogP contribution in [0.25, 0.3) is 0 Å². The summed E-state index contributed by atoms with van der Waals surface area (Å²) in [6, 6.07) is 21.7. The Bertz CT molecular complexity index is 1370. The van der Waals surface area contributed by atoms with Gasteiger partial charge >= 0.3 is 0 Å². The summed E-state index contributed by atoms with van der Waals surface area (Å²) in [7, 11) is 1.51. The zero-order valence-corrected chi connectivity index (χ0v) is 20.0. The summed E-state index contributed by atoms with van der Waals surface area (Å²) in [5.41, 5.74) is 10.6. The molecule has 10 heteroatoms. The highest BCUT2D eigenvalue weighted by Gasteiger charge is 2.16. The first kappa shape index (κ1) is 25.4. The predicted octanol–water partition coefficient (Wildman–Crippen LogP) is 3.69. The number of carbonyl (C=O) groups is 1. The van der Waals surface area contributed by atoms with E-state index < -0.39 is 12.0 Å². The van der Waals surface area contributed by atoms with Gasteiger partial charge in [-0.05, 0) is 47.0 Å². The molecule has 1 atom stereocenters. The number of benzene rings is 3. The molecule has 3 aromatic carbocycles. The highest BCUT2D eigenvalue weighted by Crippen LogP contribution is 2.28. The fraction of sp³-hybridized carbons (Fsp3) is 0.148. The maximum Gasteiger partial charge on any atom is 0.291 e. The molecule has 190 valence electrons. The van der Waals surface area contributed by atoms with Gasteiger partial charge in [0.1, 0.15) is 18.2 Å². The Balaban J connectivity index is 1.34. The van der Waals surface area contributed by atoms with Gasteiger partial charge in [-0.3, -0.25) is 4.79 Å². The molecular formula is C27H26FN5O4. The van der Waals surface area contributed by atoms with Crippen LogP contribution in [-0.2, 0) is 13.2 Å². The number of aromatic nitrogens is 2. The summed E-state index contributed by atoms with van der Waals surface area (Å²) >= 11 is 0. The average molecular weight is 504 g/mol. The number of aliphatic hydroxyl groups excluding tert-OH is 1. The summed E-state index contributed by atoms with van der Waals surface area (Å²) in [6.45, 7) is 0.347. The molecule has 1 heterocycles. The van der Waals surface area contributed by atoms with E-state index in [2.05, 4.69) is 15.6 Å². The van der Waals surface area contributed by atoms with E-state index >= 15 is 0 Å². The van der Waals surface area contributed by atoms with Crippen molar-refractivity contribution in [1.29, 1.82) is 0 Å².